The van der Waals surface area contributed by atoms with E-state index >= 15 is 0 Å². The zero-order valence-electron chi connectivity index (χ0n) is 20.7. The average Bonchev–Trinajstić information content (AvgIpc) is 2.86. The molecule has 3 atom stereocenters. The Morgan fingerprint density at radius 3 is 2.43 bits per heavy atom. The second-order valence-electron chi connectivity index (χ2n) is 9.21. The van der Waals surface area contributed by atoms with Gasteiger partial charge in [0.05, 0.1) is 0 Å². The van der Waals surface area contributed by atoms with Gasteiger partial charge in [-0.3, -0.25) is 0 Å². The molecule has 1 N–H and O–H groups in total. The molecule has 2 amide bonds. The molecule has 3 aromatic rings. The van der Waals surface area contributed by atoms with Crippen molar-refractivity contribution >= 4 is 50.4 Å². The third kappa shape index (κ3) is 5.70. The van der Waals surface area contributed by atoms with E-state index in [-0.39, 0.29) is 28.2 Å². The fourth-order valence-corrected chi connectivity index (χ4v) is 13.0. The first kappa shape index (κ1) is 26.8. The molecule has 1 aliphatic rings. The van der Waals surface area contributed by atoms with E-state index in [4.69, 9.17) is 4.74 Å². The maximum atomic E-state index is 13.8. The number of fused-ring (bicyclic) bond motifs is 1. The van der Waals surface area contributed by atoms with Crippen molar-refractivity contribution in [1.82, 2.24) is 14.1 Å². The minimum absolute atomic E-state index is 0.0111. The van der Waals surface area contributed by atoms with Crippen LogP contribution in [0.5, 0.6) is 0 Å². The third-order valence-electron chi connectivity index (χ3n) is 5.87. The standard InChI is InChI=1S/C26H28AsN3O6S/c1-17(2)15-22(30-25(36-26(30)33)21-12-6-7-14-28-21)24(32)29-27(16-18(3)31)37(34,35)23-13-8-10-19-9-4-5-11-20(19)23/h4-14,17,22,25H,15-16H2,1-3H3,(H,29,32)/t22-,25?,27?/m0/s1. The summed E-state index contributed by atoms with van der Waals surface area (Å²) in [5, 5.41) is 1.00. The van der Waals surface area contributed by atoms with Gasteiger partial charge in [0.25, 0.3) is 0 Å². The number of ether oxygens (including phenoxy) is 1. The Kier molecular flexibility index (Phi) is 7.99. The number of carbonyl (C=O) groups excluding carboxylic acids is 3. The number of amides is 2. The number of hydrogen-bond acceptors (Lipinski definition) is 7. The van der Waals surface area contributed by atoms with Crippen LogP contribution in [0.4, 0.5) is 4.79 Å². The molecule has 2 aromatic carbocycles. The first-order chi connectivity index (χ1) is 17.6. The van der Waals surface area contributed by atoms with Crippen LogP contribution in [0.15, 0.2) is 71.8 Å². The molecule has 0 radical (unpaired) electrons. The zero-order valence-corrected chi connectivity index (χ0v) is 23.4. The van der Waals surface area contributed by atoms with Crippen LogP contribution >= 0.6 is 0 Å². The molecule has 1 aromatic heterocycles. The van der Waals surface area contributed by atoms with E-state index in [0.717, 1.165) is 5.39 Å². The van der Waals surface area contributed by atoms with Crippen LogP contribution in [0.3, 0.4) is 0 Å². The molecule has 194 valence electrons. The summed E-state index contributed by atoms with van der Waals surface area (Å²) >= 11 is -3.40. The normalized spacial score (nSPS) is 17.1. The van der Waals surface area contributed by atoms with Crippen molar-refractivity contribution in [1.29, 1.82) is 0 Å². The van der Waals surface area contributed by atoms with Crippen LogP contribution in [-0.4, -0.2) is 55.8 Å². The number of nitrogens with one attached hydrogen (secondary N) is 1. The van der Waals surface area contributed by atoms with E-state index in [0.29, 0.717) is 11.1 Å². The van der Waals surface area contributed by atoms with Crippen molar-refractivity contribution < 1.29 is 27.5 Å². The number of Topliss-reactive ketones (excluding diaryl/α,β-unsaturated/α-hetero) is 1. The van der Waals surface area contributed by atoms with Crippen molar-refractivity contribution in [2.75, 3.05) is 0 Å². The molecule has 1 aliphatic heterocycles. The van der Waals surface area contributed by atoms with E-state index in [1.165, 1.54) is 17.9 Å². The van der Waals surface area contributed by atoms with E-state index in [2.05, 4.69) is 9.22 Å². The van der Waals surface area contributed by atoms with Gasteiger partial charge in [0.1, 0.15) is 0 Å². The molecule has 9 nitrogen and oxygen atoms in total. The Bertz CT molecular complexity index is 1430. The third-order valence-corrected chi connectivity index (χ3v) is 15.9. The van der Waals surface area contributed by atoms with Gasteiger partial charge in [0.15, 0.2) is 0 Å². The second-order valence-corrected chi connectivity index (χ2v) is 18.6. The number of benzene rings is 2. The number of aromatic nitrogens is 1. The molecule has 11 heteroatoms. The Hall–Kier alpha value is -3.23. The molecular weight excluding hydrogens is 557 g/mol. The number of pyridine rings is 1. The first-order valence-corrected chi connectivity index (χ1v) is 17.8. The van der Waals surface area contributed by atoms with Crippen LogP contribution in [0.1, 0.15) is 39.1 Å². The van der Waals surface area contributed by atoms with Gasteiger partial charge in [-0.2, -0.15) is 0 Å². The molecule has 0 saturated carbocycles. The molecular formula is C26H28AsN3O6S. The number of hydrogen-bond donors (Lipinski definition) is 1. The summed E-state index contributed by atoms with van der Waals surface area (Å²) in [6.07, 6.45) is 0.302. The number of carbonyl (C=O) groups is 3. The number of rotatable bonds is 10. The van der Waals surface area contributed by atoms with Crippen LogP contribution in [-0.2, 0) is 22.4 Å². The summed E-state index contributed by atoms with van der Waals surface area (Å²) in [6.45, 7) is 5.11. The average molecular weight is 586 g/mol. The Labute approximate surface area is 219 Å². The molecule has 1 fully saturated rings. The van der Waals surface area contributed by atoms with E-state index < -0.39 is 46.1 Å². The zero-order chi connectivity index (χ0) is 26.7. The van der Waals surface area contributed by atoms with Gasteiger partial charge in [0, 0.05) is 0 Å². The van der Waals surface area contributed by atoms with Crippen molar-refractivity contribution in [2.24, 2.45) is 5.92 Å². The van der Waals surface area contributed by atoms with Crippen molar-refractivity contribution in [2.45, 2.75) is 49.6 Å². The van der Waals surface area contributed by atoms with E-state index in [1.807, 2.05) is 19.9 Å². The molecule has 1 saturated heterocycles. The van der Waals surface area contributed by atoms with Gasteiger partial charge in [-0.05, 0) is 0 Å². The van der Waals surface area contributed by atoms with Gasteiger partial charge in [0.2, 0.25) is 0 Å². The van der Waals surface area contributed by atoms with Gasteiger partial charge in [-0.25, -0.2) is 0 Å². The van der Waals surface area contributed by atoms with E-state index in [9.17, 15) is 22.8 Å². The van der Waals surface area contributed by atoms with Gasteiger partial charge < -0.3 is 0 Å². The minimum atomic E-state index is -4.03. The number of ketones is 1. The van der Waals surface area contributed by atoms with E-state index in [1.54, 1.807) is 54.7 Å². The maximum absolute atomic E-state index is 13.8. The van der Waals surface area contributed by atoms with Crippen LogP contribution < -0.4 is 4.23 Å². The summed E-state index contributed by atoms with van der Waals surface area (Å²) in [5.74, 6) is -0.937. The number of nitrogens with zero attached hydrogens (tertiary/aromatic N) is 2. The molecule has 0 bridgehead atoms. The van der Waals surface area contributed by atoms with Crippen LogP contribution in [0.25, 0.3) is 10.8 Å². The Balaban J connectivity index is 1.68. The predicted octanol–water partition coefficient (Wildman–Crippen LogP) is 3.77. The van der Waals surface area contributed by atoms with Crippen molar-refractivity contribution in [3.63, 3.8) is 0 Å². The fourth-order valence-electron chi connectivity index (χ4n) is 4.19. The molecule has 2 unspecified atom stereocenters. The fraction of sp³-hybridized carbons (Fsp3) is 0.308. The second kappa shape index (κ2) is 11.0. The van der Waals surface area contributed by atoms with Crippen LogP contribution in [0, 0.1) is 5.92 Å². The quantitative estimate of drug-likeness (QED) is 0.360. The van der Waals surface area contributed by atoms with Gasteiger partial charge >= 0.3 is 220 Å². The molecule has 37 heavy (non-hydrogen) atoms. The summed E-state index contributed by atoms with van der Waals surface area (Å²) in [7, 11) is -4.03. The SMILES string of the molecule is CC(=O)C[As](NC(=O)[C@H](CC(C)C)N1C(=O)OC1c1ccccn1)S(=O)(=O)c1cccc2ccccc12. The molecule has 2 heterocycles. The molecule has 4 rings (SSSR count). The predicted molar refractivity (Wildman–Crippen MR) is 139 cm³/mol. The van der Waals surface area contributed by atoms with Gasteiger partial charge in [-0.1, -0.05) is 0 Å². The Morgan fingerprint density at radius 2 is 1.78 bits per heavy atom. The summed E-state index contributed by atoms with van der Waals surface area (Å²) < 4.78 is 35.7. The monoisotopic (exact) mass is 585 g/mol. The van der Waals surface area contributed by atoms with Crippen molar-refractivity contribution in [3.05, 3.63) is 72.6 Å². The first-order valence-electron chi connectivity index (χ1n) is 11.8. The van der Waals surface area contributed by atoms with Gasteiger partial charge in [-0.15, -0.1) is 0 Å². The Morgan fingerprint density at radius 1 is 1.08 bits per heavy atom. The van der Waals surface area contributed by atoms with Crippen LogP contribution in [0.2, 0.25) is 5.21 Å². The summed E-state index contributed by atoms with van der Waals surface area (Å²) in [4.78, 5) is 43.9. The molecule has 0 spiro atoms. The topological polar surface area (TPSA) is 123 Å². The number of cyclic esters (lactones) is 1. The van der Waals surface area contributed by atoms with Crippen molar-refractivity contribution in [3.8, 4) is 0 Å². The summed E-state index contributed by atoms with van der Waals surface area (Å²) in [5.41, 5.74) is 0.463. The molecule has 0 aliphatic carbocycles. The summed E-state index contributed by atoms with van der Waals surface area (Å²) in [6, 6.07) is 16.2.